The van der Waals surface area contributed by atoms with E-state index in [0.29, 0.717) is 24.3 Å². The second-order valence-corrected chi connectivity index (χ2v) is 8.71. The number of aliphatic hydroxyl groups is 1. The molecule has 0 aliphatic heterocycles. The fourth-order valence-corrected chi connectivity index (χ4v) is 3.94. The molecule has 1 amide bonds. The van der Waals surface area contributed by atoms with Crippen LogP contribution >= 0.6 is 11.6 Å². The van der Waals surface area contributed by atoms with Gasteiger partial charge in [0.2, 0.25) is 0 Å². The molecule has 196 valence electrons. The van der Waals surface area contributed by atoms with Gasteiger partial charge in [0.1, 0.15) is 23.0 Å². The van der Waals surface area contributed by atoms with Crippen molar-refractivity contribution in [1.29, 1.82) is 0 Å². The summed E-state index contributed by atoms with van der Waals surface area (Å²) in [5, 5.41) is 16.0. The first-order chi connectivity index (χ1) is 17.0. The van der Waals surface area contributed by atoms with Crippen molar-refractivity contribution in [3.63, 3.8) is 0 Å². The van der Waals surface area contributed by atoms with Crippen molar-refractivity contribution in [3.05, 3.63) is 70.6 Å². The van der Waals surface area contributed by atoms with Gasteiger partial charge in [-0.1, -0.05) is 29.8 Å². The Kier molecular flexibility index (Phi) is 9.16. The van der Waals surface area contributed by atoms with E-state index in [9.17, 15) is 23.1 Å². The van der Waals surface area contributed by atoms with Crippen molar-refractivity contribution in [2.75, 3.05) is 13.8 Å². The molecular formula is C24H28ClF3N4O4. The summed E-state index contributed by atoms with van der Waals surface area (Å²) in [7, 11) is 1.56. The largest absolute Gasteiger partial charge is 0.573 e. The van der Waals surface area contributed by atoms with Gasteiger partial charge in [-0.05, 0) is 49.1 Å². The van der Waals surface area contributed by atoms with Crippen LogP contribution in [0.3, 0.4) is 0 Å². The van der Waals surface area contributed by atoms with Crippen LogP contribution in [0, 0.1) is 0 Å². The number of carbonyl (C=O) groups excluding carboxylic acids is 1. The summed E-state index contributed by atoms with van der Waals surface area (Å²) in [5.74, 6) is -0.753. The molecule has 3 rings (SSSR count). The van der Waals surface area contributed by atoms with Gasteiger partial charge in [0.05, 0.1) is 6.10 Å². The number of ether oxygens (including phenoxy) is 2. The molecule has 2 aromatic rings. The summed E-state index contributed by atoms with van der Waals surface area (Å²) in [6, 6.07) is 11.8. The number of nitrogens with one attached hydrogen (secondary N) is 2. The molecule has 1 saturated carbocycles. The Bertz CT molecular complexity index is 1070. The molecule has 2 atom stereocenters. The Morgan fingerprint density at radius 3 is 2.50 bits per heavy atom. The number of alkyl halides is 3. The first-order valence-electron chi connectivity index (χ1n) is 11.2. The summed E-state index contributed by atoms with van der Waals surface area (Å²) >= 11 is 5.99. The molecule has 8 nitrogen and oxygen atoms in total. The van der Waals surface area contributed by atoms with Crippen LogP contribution in [0.1, 0.15) is 24.8 Å². The predicted octanol–water partition coefficient (Wildman–Crippen LogP) is 3.45. The maximum atomic E-state index is 13.3. The molecule has 2 unspecified atom stereocenters. The maximum Gasteiger partial charge on any atom is 0.573 e. The van der Waals surface area contributed by atoms with Crippen molar-refractivity contribution in [3.8, 4) is 11.5 Å². The molecule has 0 radical (unpaired) electrons. The van der Waals surface area contributed by atoms with Crippen molar-refractivity contribution >= 4 is 17.5 Å². The van der Waals surface area contributed by atoms with Crippen LogP contribution in [-0.4, -0.2) is 48.2 Å². The number of nitrogens with zero attached hydrogens (tertiary/aromatic N) is 1. The average molecular weight is 529 g/mol. The van der Waals surface area contributed by atoms with E-state index >= 15 is 0 Å². The second-order valence-electron chi connectivity index (χ2n) is 8.27. The molecule has 1 aliphatic rings. The van der Waals surface area contributed by atoms with Gasteiger partial charge >= 0.3 is 6.36 Å². The molecule has 1 fully saturated rings. The number of amides is 1. The topological polar surface area (TPSA) is 109 Å². The van der Waals surface area contributed by atoms with Crippen LogP contribution in [0.15, 0.2) is 60.0 Å². The molecule has 0 heterocycles. The smallest absolute Gasteiger partial charge is 0.473 e. The van der Waals surface area contributed by atoms with E-state index in [1.54, 1.807) is 36.2 Å². The Morgan fingerprint density at radius 2 is 1.89 bits per heavy atom. The summed E-state index contributed by atoms with van der Waals surface area (Å²) in [6.07, 6.45) is -3.69. The normalized spacial score (nSPS) is 18.3. The van der Waals surface area contributed by atoms with Gasteiger partial charge in [0.15, 0.2) is 6.73 Å². The zero-order chi connectivity index (χ0) is 26.3. The van der Waals surface area contributed by atoms with E-state index in [1.807, 2.05) is 0 Å². The molecular weight excluding hydrogens is 501 g/mol. The molecule has 12 heteroatoms. The SMILES string of the molecule is CN/C(N)=C(\C(=O)NC1CCC(O)C1)N(COc1cccc(OC(F)(F)F)c1)Cc1ccc(Cl)cc1. The highest BCUT2D eigenvalue weighted by atomic mass is 35.5. The standard InChI is InChI=1S/C24H28ClF3N4O4/c1-30-22(29)21(23(34)31-17-9-10-18(33)11-17)32(13-15-5-7-16(25)8-6-15)14-35-19-3-2-4-20(12-19)36-24(26,27)28/h2-8,12,17-18,30,33H,9-11,13-14,29H2,1H3,(H,31,34)/b22-21+. The summed E-state index contributed by atoms with van der Waals surface area (Å²) in [6.45, 7) is -0.0507. The Balaban J connectivity index is 1.85. The lowest BCUT2D eigenvalue weighted by atomic mass is 10.2. The van der Waals surface area contributed by atoms with Crippen LogP contribution in [0.5, 0.6) is 11.5 Å². The second kappa shape index (κ2) is 12.1. The number of carbonyl (C=O) groups is 1. The lowest BCUT2D eigenvalue weighted by Gasteiger charge is -2.29. The van der Waals surface area contributed by atoms with Gasteiger partial charge in [-0.3, -0.25) is 4.79 Å². The summed E-state index contributed by atoms with van der Waals surface area (Å²) in [5.41, 5.74) is 7.02. The van der Waals surface area contributed by atoms with E-state index in [-0.39, 0.29) is 36.6 Å². The predicted molar refractivity (Wildman–Crippen MR) is 128 cm³/mol. The van der Waals surface area contributed by atoms with E-state index in [0.717, 1.165) is 17.7 Å². The van der Waals surface area contributed by atoms with Crippen molar-refractivity contribution < 1.29 is 32.5 Å². The van der Waals surface area contributed by atoms with E-state index in [4.69, 9.17) is 22.1 Å². The van der Waals surface area contributed by atoms with E-state index in [2.05, 4.69) is 15.4 Å². The summed E-state index contributed by atoms with van der Waals surface area (Å²) in [4.78, 5) is 14.8. The van der Waals surface area contributed by atoms with Crippen molar-refractivity contribution in [2.24, 2.45) is 5.73 Å². The molecule has 0 saturated heterocycles. The number of rotatable bonds is 10. The lowest BCUT2D eigenvalue weighted by molar-refractivity contribution is -0.274. The van der Waals surface area contributed by atoms with Crippen LogP contribution in [0.2, 0.25) is 5.02 Å². The van der Waals surface area contributed by atoms with Gasteiger partial charge in [-0.15, -0.1) is 13.2 Å². The highest BCUT2D eigenvalue weighted by Gasteiger charge is 2.31. The Morgan fingerprint density at radius 1 is 1.19 bits per heavy atom. The molecule has 0 spiro atoms. The van der Waals surface area contributed by atoms with Gasteiger partial charge in [0.25, 0.3) is 5.91 Å². The van der Waals surface area contributed by atoms with Crippen molar-refractivity contribution in [1.82, 2.24) is 15.5 Å². The number of aliphatic hydroxyl groups excluding tert-OH is 1. The number of hydrogen-bond donors (Lipinski definition) is 4. The van der Waals surface area contributed by atoms with Gasteiger partial charge in [-0.2, -0.15) is 0 Å². The summed E-state index contributed by atoms with van der Waals surface area (Å²) < 4.78 is 47.5. The fraction of sp³-hybridized carbons (Fsp3) is 0.375. The van der Waals surface area contributed by atoms with Crippen LogP contribution in [-0.2, 0) is 11.3 Å². The van der Waals surface area contributed by atoms with E-state index < -0.39 is 24.1 Å². The third-order valence-corrected chi connectivity index (χ3v) is 5.76. The molecule has 0 aromatic heterocycles. The van der Waals surface area contributed by atoms with Gasteiger partial charge in [0, 0.05) is 30.7 Å². The molecule has 0 bridgehead atoms. The fourth-order valence-electron chi connectivity index (χ4n) is 3.81. The number of hydrogen-bond acceptors (Lipinski definition) is 7. The molecule has 1 aliphatic carbocycles. The number of nitrogens with two attached hydrogens (primary N) is 1. The Hall–Kier alpha value is -3.31. The number of benzene rings is 2. The lowest BCUT2D eigenvalue weighted by Crippen LogP contribution is -2.43. The zero-order valence-corrected chi connectivity index (χ0v) is 20.3. The number of halogens is 4. The van der Waals surface area contributed by atoms with Crippen molar-refractivity contribution in [2.45, 2.75) is 44.3 Å². The first kappa shape index (κ1) is 27.3. The minimum atomic E-state index is -4.84. The van der Waals surface area contributed by atoms with Gasteiger partial charge in [-0.25, -0.2) is 0 Å². The monoisotopic (exact) mass is 528 g/mol. The minimum Gasteiger partial charge on any atom is -0.473 e. The third kappa shape index (κ3) is 8.13. The van der Waals surface area contributed by atoms with Crippen LogP contribution in [0.25, 0.3) is 0 Å². The minimum absolute atomic E-state index is 0.0674. The highest BCUT2D eigenvalue weighted by Crippen LogP contribution is 2.27. The zero-order valence-electron chi connectivity index (χ0n) is 19.5. The van der Waals surface area contributed by atoms with Crippen LogP contribution in [0.4, 0.5) is 13.2 Å². The van der Waals surface area contributed by atoms with E-state index in [1.165, 1.54) is 12.1 Å². The quantitative estimate of drug-likeness (QED) is 0.276. The first-order valence-corrected chi connectivity index (χ1v) is 11.6. The Labute approximate surface area is 211 Å². The average Bonchev–Trinajstić information content (AvgIpc) is 3.22. The highest BCUT2D eigenvalue weighted by molar-refractivity contribution is 6.30. The van der Waals surface area contributed by atoms with Gasteiger partial charge < -0.3 is 35.8 Å². The molecule has 5 N–H and O–H groups in total. The third-order valence-electron chi connectivity index (χ3n) is 5.51. The van der Waals surface area contributed by atoms with Crippen LogP contribution < -0.4 is 25.8 Å². The maximum absolute atomic E-state index is 13.3. The molecule has 36 heavy (non-hydrogen) atoms. The molecule has 2 aromatic carbocycles.